The van der Waals surface area contributed by atoms with Crippen LogP contribution in [0.15, 0.2) is 47.7 Å². The molecule has 2 N–H and O–H groups in total. The first-order valence-corrected chi connectivity index (χ1v) is 8.75. The number of benzene rings is 1. The van der Waals surface area contributed by atoms with Gasteiger partial charge in [0.05, 0.1) is 24.6 Å². The van der Waals surface area contributed by atoms with E-state index < -0.39 is 0 Å². The average molecular weight is 354 g/mol. The second-order valence-corrected chi connectivity index (χ2v) is 6.63. The molecule has 2 unspecified atom stereocenters. The van der Waals surface area contributed by atoms with E-state index in [1.807, 2.05) is 43.6 Å². The van der Waals surface area contributed by atoms with Crippen LogP contribution in [0.5, 0.6) is 0 Å². The first kappa shape index (κ1) is 17.0. The van der Waals surface area contributed by atoms with E-state index in [0.717, 1.165) is 29.6 Å². The van der Waals surface area contributed by atoms with Crippen molar-refractivity contribution in [3.8, 4) is 0 Å². The number of H-pyrrole nitrogens is 2. The third-order valence-corrected chi connectivity index (χ3v) is 4.60. The quantitative estimate of drug-likeness (QED) is 0.734. The van der Waals surface area contributed by atoms with Gasteiger partial charge in [-0.3, -0.25) is 9.69 Å². The first-order chi connectivity index (χ1) is 12.7. The van der Waals surface area contributed by atoms with E-state index in [-0.39, 0.29) is 18.0 Å². The summed E-state index contributed by atoms with van der Waals surface area (Å²) in [5.41, 5.74) is 3.13. The van der Waals surface area contributed by atoms with Gasteiger partial charge in [0.25, 0.3) is 5.56 Å². The normalized spacial score (nSPS) is 20.7. The minimum atomic E-state index is -0.309. The van der Waals surface area contributed by atoms with Crippen LogP contribution in [0.1, 0.15) is 23.8 Å². The number of hydrogen-bond donors (Lipinski definition) is 2. The molecule has 0 saturated carbocycles. The largest absolute Gasteiger partial charge is 0.355 e. The van der Waals surface area contributed by atoms with Crippen molar-refractivity contribution in [2.24, 2.45) is 0 Å². The van der Waals surface area contributed by atoms with E-state index in [1.54, 1.807) is 0 Å². The fourth-order valence-corrected chi connectivity index (χ4v) is 3.34. The number of nitrogens with zero attached hydrogens (tertiary/aromatic N) is 2. The Bertz CT molecular complexity index is 921. The van der Waals surface area contributed by atoms with E-state index in [2.05, 4.69) is 19.9 Å². The number of likely N-dealkylation sites (N-methyl/N-ethyl adjacent to an activating group) is 1. The van der Waals surface area contributed by atoms with Crippen LogP contribution in [0.25, 0.3) is 11.0 Å². The second kappa shape index (κ2) is 7.41. The maximum absolute atomic E-state index is 11.8. The van der Waals surface area contributed by atoms with Crippen LogP contribution in [0.2, 0.25) is 0 Å². The Labute approximate surface area is 151 Å². The minimum absolute atomic E-state index is 0.0977. The van der Waals surface area contributed by atoms with Gasteiger partial charge in [-0.05, 0) is 13.5 Å². The summed E-state index contributed by atoms with van der Waals surface area (Å²) in [6.07, 6.45) is 3.94. The van der Waals surface area contributed by atoms with Crippen LogP contribution in [0.3, 0.4) is 0 Å². The zero-order valence-electron chi connectivity index (χ0n) is 14.6. The van der Waals surface area contributed by atoms with Crippen molar-refractivity contribution >= 4 is 11.0 Å². The zero-order valence-corrected chi connectivity index (χ0v) is 14.6. The minimum Gasteiger partial charge on any atom is -0.355 e. The van der Waals surface area contributed by atoms with Crippen molar-refractivity contribution in [1.82, 2.24) is 19.9 Å². The molecule has 3 heterocycles. The maximum atomic E-state index is 11.8. The number of hydrogen-bond acceptors (Lipinski definition) is 5. The molecule has 0 aliphatic carbocycles. The van der Waals surface area contributed by atoms with E-state index >= 15 is 0 Å². The molecule has 1 aliphatic rings. The summed E-state index contributed by atoms with van der Waals surface area (Å²) in [5.74, 6) is 0. The van der Waals surface area contributed by atoms with Gasteiger partial charge in [-0.15, -0.1) is 0 Å². The van der Waals surface area contributed by atoms with Gasteiger partial charge in [-0.2, -0.15) is 0 Å². The van der Waals surface area contributed by atoms with Crippen molar-refractivity contribution < 1.29 is 9.47 Å². The highest BCUT2D eigenvalue weighted by Crippen LogP contribution is 2.26. The van der Waals surface area contributed by atoms with Gasteiger partial charge >= 0.3 is 0 Å². The van der Waals surface area contributed by atoms with E-state index in [1.165, 1.54) is 6.33 Å². The van der Waals surface area contributed by atoms with Gasteiger partial charge in [-0.1, -0.05) is 30.3 Å². The molecular formula is C19H22N4O3. The van der Waals surface area contributed by atoms with Crippen molar-refractivity contribution in [2.45, 2.75) is 25.4 Å². The van der Waals surface area contributed by atoms with Crippen LogP contribution in [0, 0.1) is 0 Å². The summed E-state index contributed by atoms with van der Waals surface area (Å²) < 4.78 is 11.9. The van der Waals surface area contributed by atoms with Crippen LogP contribution in [-0.4, -0.2) is 46.2 Å². The standard InChI is InChI=1S/C19H22N4O3/c1-23(10-14-9-20-17-16(14)21-12-22-18(17)24)11-15-7-8-25-19(26-15)13-5-3-2-4-6-13/h2-6,9,12,15,19-20H,7-8,10-11H2,1H3,(H,21,22,24). The fraction of sp³-hybridized carbons (Fsp3) is 0.368. The monoisotopic (exact) mass is 354 g/mol. The molecule has 136 valence electrons. The molecule has 4 rings (SSSR count). The van der Waals surface area contributed by atoms with Crippen LogP contribution >= 0.6 is 0 Å². The summed E-state index contributed by atoms with van der Waals surface area (Å²) >= 11 is 0. The molecule has 7 nitrogen and oxygen atoms in total. The van der Waals surface area contributed by atoms with E-state index in [4.69, 9.17) is 9.47 Å². The highest BCUT2D eigenvalue weighted by Gasteiger charge is 2.25. The lowest BCUT2D eigenvalue weighted by atomic mass is 10.1. The molecule has 0 spiro atoms. The number of aromatic nitrogens is 3. The van der Waals surface area contributed by atoms with E-state index in [0.29, 0.717) is 18.7 Å². The van der Waals surface area contributed by atoms with Gasteiger partial charge in [0.15, 0.2) is 6.29 Å². The van der Waals surface area contributed by atoms with Crippen molar-refractivity contribution in [2.75, 3.05) is 20.2 Å². The zero-order chi connectivity index (χ0) is 17.9. The molecule has 26 heavy (non-hydrogen) atoms. The molecule has 1 aromatic carbocycles. The number of aromatic amines is 2. The number of fused-ring (bicyclic) bond motifs is 1. The topological polar surface area (TPSA) is 83.2 Å². The second-order valence-electron chi connectivity index (χ2n) is 6.63. The molecule has 1 aliphatic heterocycles. The predicted octanol–water partition coefficient (Wildman–Crippen LogP) is 2.19. The van der Waals surface area contributed by atoms with Gasteiger partial charge in [0.2, 0.25) is 0 Å². The number of rotatable bonds is 5. The van der Waals surface area contributed by atoms with Crippen molar-refractivity contribution in [3.63, 3.8) is 0 Å². The summed E-state index contributed by atoms with van der Waals surface area (Å²) in [6.45, 7) is 2.15. The molecule has 1 saturated heterocycles. The van der Waals surface area contributed by atoms with Crippen molar-refractivity contribution in [1.29, 1.82) is 0 Å². The van der Waals surface area contributed by atoms with Crippen LogP contribution < -0.4 is 5.56 Å². The fourth-order valence-electron chi connectivity index (χ4n) is 3.34. The summed E-state index contributed by atoms with van der Waals surface area (Å²) in [5, 5.41) is 0. The summed E-state index contributed by atoms with van der Waals surface area (Å²) in [6, 6.07) is 10.0. The molecule has 0 amide bonds. The smallest absolute Gasteiger partial charge is 0.275 e. The molecule has 0 bridgehead atoms. The maximum Gasteiger partial charge on any atom is 0.275 e. The average Bonchev–Trinajstić information content (AvgIpc) is 3.07. The Morgan fingerprint density at radius 3 is 2.96 bits per heavy atom. The van der Waals surface area contributed by atoms with Gasteiger partial charge in [0.1, 0.15) is 5.52 Å². The SMILES string of the molecule is CN(Cc1c[nH]c2c(=O)[nH]cnc12)CC1CCOC(c2ccccc2)O1. The lowest BCUT2D eigenvalue weighted by molar-refractivity contribution is -0.220. The third kappa shape index (κ3) is 3.55. The lowest BCUT2D eigenvalue weighted by Gasteiger charge is -2.32. The third-order valence-electron chi connectivity index (χ3n) is 4.60. The predicted molar refractivity (Wildman–Crippen MR) is 97.7 cm³/mol. The molecule has 3 aromatic rings. The molecule has 2 atom stereocenters. The van der Waals surface area contributed by atoms with Gasteiger partial charge < -0.3 is 19.4 Å². The van der Waals surface area contributed by atoms with Gasteiger partial charge in [-0.25, -0.2) is 4.98 Å². The molecular weight excluding hydrogens is 332 g/mol. The number of nitrogens with one attached hydrogen (secondary N) is 2. The summed E-state index contributed by atoms with van der Waals surface area (Å²) in [7, 11) is 2.04. The van der Waals surface area contributed by atoms with Crippen LogP contribution in [-0.2, 0) is 16.0 Å². The highest BCUT2D eigenvalue weighted by atomic mass is 16.7. The Kier molecular flexibility index (Phi) is 4.83. The van der Waals surface area contributed by atoms with E-state index in [9.17, 15) is 4.79 Å². The highest BCUT2D eigenvalue weighted by molar-refractivity contribution is 5.77. The Balaban J connectivity index is 1.40. The van der Waals surface area contributed by atoms with Crippen molar-refractivity contribution in [3.05, 3.63) is 64.3 Å². The Morgan fingerprint density at radius 1 is 1.27 bits per heavy atom. The number of ether oxygens (including phenoxy) is 2. The molecule has 1 fully saturated rings. The Hall–Kier alpha value is -2.48. The molecule has 2 aromatic heterocycles. The molecule has 7 heteroatoms. The van der Waals surface area contributed by atoms with Gasteiger partial charge in [0, 0.05) is 30.4 Å². The summed E-state index contributed by atoms with van der Waals surface area (Å²) in [4.78, 5) is 23.9. The van der Waals surface area contributed by atoms with Crippen LogP contribution in [0.4, 0.5) is 0 Å². The first-order valence-electron chi connectivity index (χ1n) is 8.75. The molecule has 0 radical (unpaired) electrons. The lowest BCUT2D eigenvalue weighted by Crippen LogP contribution is -2.36. The Morgan fingerprint density at radius 2 is 2.12 bits per heavy atom.